The number of methoxy groups -OCH3 is 1. The number of nitriles is 1. The lowest BCUT2D eigenvalue weighted by atomic mass is 9.93. The summed E-state index contributed by atoms with van der Waals surface area (Å²) in [5.74, 6) is 0.205. The molecule has 1 fully saturated rings. The third-order valence-corrected chi connectivity index (χ3v) is 6.12. The molecule has 1 aromatic heterocycles. The molecule has 1 unspecified atom stereocenters. The maximum Gasteiger partial charge on any atom is 0.229 e. The van der Waals surface area contributed by atoms with Crippen LogP contribution in [0.4, 0.5) is 10.3 Å². The van der Waals surface area contributed by atoms with Gasteiger partial charge in [0.25, 0.3) is 0 Å². The van der Waals surface area contributed by atoms with Crippen LogP contribution in [-0.2, 0) is 0 Å². The number of hydrogen-bond donors (Lipinski definition) is 3. The van der Waals surface area contributed by atoms with Crippen LogP contribution in [0.15, 0.2) is 48.2 Å². The number of benzene rings is 1. The Bertz CT molecular complexity index is 1280. The van der Waals surface area contributed by atoms with Crippen LogP contribution in [0.3, 0.4) is 0 Å². The normalized spacial score (nSPS) is 19.2. The number of nitrogens with zero attached hydrogens (tertiary/aromatic N) is 4. The molecule has 1 aliphatic carbocycles. The maximum atomic E-state index is 14.7. The standard InChI is InChI=1S/C26H28FN7O/c1-31-15-19-12-16(7-8-22(19)30)23-24(17-5-6-18(14-28)21(27)13-17)32-26(33-25(23)35-2)34-10-3-4-20(29)9-11-34/h5-8,12-13,15,20,30-31H,3-4,9-11,29H2,1-2H3/b19-15-,30-22?. The number of ether oxygens (including phenoxy) is 1. The molecule has 4 rings (SSSR count). The van der Waals surface area contributed by atoms with E-state index in [2.05, 4.69) is 10.2 Å². The Labute approximate surface area is 204 Å². The Morgan fingerprint density at radius 2 is 2.11 bits per heavy atom. The number of anilines is 1. The van der Waals surface area contributed by atoms with Crippen molar-refractivity contribution < 1.29 is 9.13 Å². The van der Waals surface area contributed by atoms with E-state index in [1.165, 1.54) is 19.2 Å². The molecule has 2 aromatic rings. The molecule has 1 aliphatic heterocycles. The van der Waals surface area contributed by atoms with Crippen LogP contribution in [-0.4, -0.2) is 49.0 Å². The SMILES string of the molecule is CN/C=C1/C=C(c2c(OC)nc(N3CCCC(N)CC3)nc2-c2ccc(C#N)c(F)c2)C=CC1=N. The molecule has 0 bridgehead atoms. The molecule has 2 heterocycles. The van der Waals surface area contributed by atoms with Gasteiger partial charge in [-0.15, -0.1) is 0 Å². The van der Waals surface area contributed by atoms with Crippen molar-refractivity contribution in [2.75, 3.05) is 32.1 Å². The molecule has 180 valence electrons. The Morgan fingerprint density at radius 1 is 1.29 bits per heavy atom. The number of nitrogens with two attached hydrogens (primary N) is 1. The fourth-order valence-electron chi connectivity index (χ4n) is 4.26. The van der Waals surface area contributed by atoms with Gasteiger partial charge in [0.15, 0.2) is 0 Å². The zero-order valence-electron chi connectivity index (χ0n) is 19.8. The fraction of sp³-hybridized carbons (Fsp3) is 0.308. The minimum absolute atomic E-state index is 0.0393. The van der Waals surface area contributed by atoms with Crippen LogP contribution in [0, 0.1) is 22.6 Å². The van der Waals surface area contributed by atoms with Crippen LogP contribution in [0.25, 0.3) is 16.8 Å². The second kappa shape index (κ2) is 10.5. The number of hydrogen-bond acceptors (Lipinski definition) is 8. The van der Waals surface area contributed by atoms with E-state index in [0.29, 0.717) is 46.5 Å². The summed E-state index contributed by atoms with van der Waals surface area (Å²) in [7, 11) is 3.30. The summed E-state index contributed by atoms with van der Waals surface area (Å²) in [6, 6.07) is 6.43. The fourth-order valence-corrected chi connectivity index (χ4v) is 4.26. The Kier molecular flexibility index (Phi) is 7.22. The van der Waals surface area contributed by atoms with Crippen molar-refractivity contribution in [1.82, 2.24) is 15.3 Å². The van der Waals surface area contributed by atoms with Crippen molar-refractivity contribution in [3.05, 3.63) is 65.1 Å². The first-order valence-electron chi connectivity index (χ1n) is 11.5. The number of allylic oxidation sites excluding steroid dienone is 5. The molecule has 4 N–H and O–H groups in total. The predicted octanol–water partition coefficient (Wildman–Crippen LogP) is 3.56. The summed E-state index contributed by atoms with van der Waals surface area (Å²) >= 11 is 0. The first kappa shape index (κ1) is 24.1. The van der Waals surface area contributed by atoms with E-state index in [1.54, 1.807) is 31.5 Å². The highest BCUT2D eigenvalue weighted by Crippen LogP contribution is 2.38. The lowest BCUT2D eigenvalue weighted by Gasteiger charge is -2.24. The number of halogens is 1. The van der Waals surface area contributed by atoms with E-state index in [0.717, 1.165) is 31.4 Å². The van der Waals surface area contributed by atoms with Gasteiger partial charge >= 0.3 is 0 Å². The van der Waals surface area contributed by atoms with Gasteiger partial charge in [-0.05, 0) is 49.1 Å². The Hall–Kier alpha value is -4.03. The van der Waals surface area contributed by atoms with Gasteiger partial charge in [-0.1, -0.05) is 12.1 Å². The molecule has 1 saturated heterocycles. The van der Waals surface area contributed by atoms with E-state index in [4.69, 9.17) is 25.8 Å². The van der Waals surface area contributed by atoms with Crippen molar-refractivity contribution in [3.8, 4) is 23.2 Å². The average Bonchev–Trinajstić information content (AvgIpc) is 3.09. The second-order valence-corrected chi connectivity index (χ2v) is 8.48. The largest absolute Gasteiger partial charge is 0.480 e. The summed E-state index contributed by atoms with van der Waals surface area (Å²) in [4.78, 5) is 11.7. The highest BCUT2D eigenvalue weighted by atomic mass is 19.1. The van der Waals surface area contributed by atoms with Gasteiger partial charge in [0.1, 0.15) is 11.9 Å². The van der Waals surface area contributed by atoms with Crippen LogP contribution in [0.2, 0.25) is 0 Å². The van der Waals surface area contributed by atoms with Crippen LogP contribution < -0.4 is 20.7 Å². The topological polar surface area (TPSA) is 124 Å². The predicted molar refractivity (Wildman–Crippen MR) is 135 cm³/mol. The molecule has 0 radical (unpaired) electrons. The van der Waals surface area contributed by atoms with Crippen molar-refractivity contribution in [1.29, 1.82) is 10.7 Å². The maximum absolute atomic E-state index is 14.7. The monoisotopic (exact) mass is 473 g/mol. The molecule has 0 saturated carbocycles. The van der Waals surface area contributed by atoms with Gasteiger partial charge in [0.05, 0.1) is 29.6 Å². The van der Waals surface area contributed by atoms with Gasteiger partial charge in [0.2, 0.25) is 11.8 Å². The van der Waals surface area contributed by atoms with Crippen molar-refractivity contribution in [3.63, 3.8) is 0 Å². The summed E-state index contributed by atoms with van der Waals surface area (Å²) in [5, 5.41) is 20.3. The average molecular weight is 474 g/mol. The number of aromatic nitrogens is 2. The van der Waals surface area contributed by atoms with Gasteiger partial charge in [0, 0.05) is 43.5 Å². The summed E-state index contributed by atoms with van der Waals surface area (Å²) in [5.41, 5.74) is 9.44. The van der Waals surface area contributed by atoms with Gasteiger partial charge < -0.3 is 26.1 Å². The van der Waals surface area contributed by atoms with Crippen LogP contribution >= 0.6 is 0 Å². The summed E-state index contributed by atoms with van der Waals surface area (Å²) in [6.45, 7) is 1.46. The number of nitrogens with one attached hydrogen (secondary N) is 2. The molecule has 0 spiro atoms. The molecule has 0 amide bonds. The third kappa shape index (κ3) is 5.08. The highest BCUT2D eigenvalue weighted by molar-refractivity contribution is 6.13. The first-order valence-corrected chi connectivity index (χ1v) is 11.5. The molecule has 9 heteroatoms. The Balaban J connectivity index is 1.93. The summed E-state index contributed by atoms with van der Waals surface area (Å²) < 4.78 is 20.4. The zero-order chi connectivity index (χ0) is 24.9. The molecule has 8 nitrogen and oxygen atoms in total. The second-order valence-electron chi connectivity index (χ2n) is 8.48. The van der Waals surface area contributed by atoms with E-state index < -0.39 is 5.82 Å². The molecule has 1 aromatic carbocycles. The van der Waals surface area contributed by atoms with Crippen LogP contribution in [0.1, 0.15) is 30.4 Å². The molecular formula is C26H28FN7O. The third-order valence-electron chi connectivity index (χ3n) is 6.12. The first-order chi connectivity index (χ1) is 16.9. The lowest BCUT2D eigenvalue weighted by molar-refractivity contribution is 0.395. The quantitative estimate of drug-likeness (QED) is 0.607. The molecule has 1 atom stereocenters. The van der Waals surface area contributed by atoms with Gasteiger partial charge in [-0.2, -0.15) is 10.2 Å². The van der Waals surface area contributed by atoms with E-state index in [-0.39, 0.29) is 11.6 Å². The smallest absolute Gasteiger partial charge is 0.229 e. The molecule has 2 aliphatic rings. The highest BCUT2D eigenvalue weighted by Gasteiger charge is 2.25. The van der Waals surface area contributed by atoms with Crippen molar-refractivity contribution in [2.24, 2.45) is 5.73 Å². The van der Waals surface area contributed by atoms with Crippen molar-refractivity contribution >= 4 is 17.2 Å². The molecule has 35 heavy (non-hydrogen) atoms. The zero-order valence-corrected chi connectivity index (χ0v) is 19.8. The lowest BCUT2D eigenvalue weighted by Crippen LogP contribution is -2.28. The van der Waals surface area contributed by atoms with E-state index >= 15 is 0 Å². The summed E-state index contributed by atoms with van der Waals surface area (Å²) in [6.07, 6.45) is 9.73. The van der Waals surface area contributed by atoms with E-state index in [1.807, 2.05) is 12.1 Å². The molecular weight excluding hydrogens is 445 g/mol. The number of rotatable bonds is 5. The van der Waals surface area contributed by atoms with Gasteiger partial charge in [-0.25, -0.2) is 9.37 Å². The van der Waals surface area contributed by atoms with Crippen LogP contribution in [0.5, 0.6) is 5.88 Å². The van der Waals surface area contributed by atoms with E-state index in [9.17, 15) is 9.65 Å². The van der Waals surface area contributed by atoms with Gasteiger partial charge in [-0.3, -0.25) is 0 Å². The Morgan fingerprint density at radius 3 is 2.83 bits per heavy atom. The van der Waals surface area contributed by atoms with Crippen molar-refractivity contribution in [2.45, 2.75) is 25.3 Å². The minimum atomic E-state index is -0.624. The minimum Gasteiger partial charge on any atom is -0.480 e.